The summed E-state index contributed by atoms with van der Waals surface area (Å²) in [6.07, 6.45) is 2.49. The first kappa shape index (κ1) is 15.2. The van der Waals surface area contributed by atoms with Gasteiger partial charge in [-0.15, -0.1) is 0 Å². The van der Waals surface area contributed by atoms with E-state index in [1.54, 1.807) is 0 Å². The van der Waals surface area contributed by atoms with Gasteiger partial charge in [0, 0.05) is 5.56 Å². The molecule has 118 valence electrons. The van der Waals surface area contributed by atoms with Crippen LogP contribution >= 0.6 is 0 Å². The van der Waals surface area contributed by atoms with Crippen LogP contribution in [-0.4, -0.2) is 41.2 Å². The Bertz CT molecular complexity index is 561. The zero-order chi connectivity index (χ0) is 15.2. The first-order valence-electron chi connectivity index (χ1n) is 8.16. The Labute approximate surface area is 131 Å². The van der Waals surface area contributed by atoms with E-state index in [1.807, 2.05) is 30.3 Å². The molecule has 3 rings (SSSR count). The summed E-state index contributed by atoms with van der Waals surface area (Å²) in [4.78, 5) is 6.93. The third kappa shape index (κ3) is 3.93. The molecule has 1 aromatic heterocycles. The molecule has 0 unspecified atom stereocenters. The number of rotatable bonds is 6. The summed E-state index contributed by atoms with van der Waals surface area (Å²) in [6, 6.07) is 9.92. The Hall–Kier alpha value is -1.72. The van der Waals surface area contributed by atoms with Crippen molar-refractivity contribution in [2.24, 2.45) is 5.92 Å². The predicted octanol–water partition coefficient (Wildman–Crippen LogP) is 2.56. The summed E-state index contributed by atoms with van der Waals surface area (Å²) in [7, 11) is 0. The van der Waals surface area contributed by atoms with Gasteiger partial charge in [-0.3, -0.25) is 4.90 Å². The van der Waals surface area contributed by atoms with E-state index in [-0.39, 0.29) is 0 Å². The largest absolute Gasteiger partial charge is 0.334 e. The van der Waals surface area contributed by atoms with Gasteiger partial charge < -0.3 is 9.84 Å². The fourth-order valence-corrected chi connectivity index (χ4v) is 2.91. The van der Waals surface area contributed by atoms with E-state index >= 15 is 0 Å². The van der Waals surface area contributed by atoms with Crippen LogP contribution in [0.1, 0.15) is 25.6 Å². The number of hydrogen-bond donors (Lipinski definition) is 1. The smallest absolute Gasteiger partial charge is 0.257 e. The maximum Gasteiger partial charge on any atom is 0.257 e. The number of hydrogen-bond acceptors (Lipinski definition) is 5. The van der Waals surface area contributed by atoms with Crippen LogP contribution in [0.4, 0.5) is 0 Å². The van der Waals surface area contributed by atoms with Gasteiger partial charge in [-0.05, 0) is 57.1 Å². The van der Waals surface area contributed by atoms with Crippen LogP contribution in [-0.2, 0) is 6.54 Å². The van der Waals surface area contributed by atoms with Gasteiger partial charge in [0.1, 0.15) is 0 Å². The number of benzene rings is 1. The quantitative estimate of drug-likeness (QED) is 0.888. The van der Waals surface area contributed by atoms with Crippen molar-refractivity contribution < 1.29 is 4.52 Å². The minimum Gasteiger partial charge on any atom is -0.334 e. The Morgan fingerprint density at radius 1 is 1.23 bits per heavy atom. The van der Waals surface area contributed by atoms with E-state index in [9.17, 15) is 0 Å². The van der Waals surface area contributed by atoms with Crippen LogP contribution in [0.15, 0.2) is 34.9 Å². The zero-order valence-corrected chi connectivity index (χ0v) is 13.2. The van der Waals surface area contributed by atoms with Crippen LogP contribution in [0.3, 0.4) is 0 Å². The van der Waals surface area contributed by atoms with Crippen molar-refractivity contribution in [2.75, 3.05) is 26.2 Å². The molecule has 0 aliphatic carbocycles. The second-order valence-corrected chi connectivity index (χ2v) is 5.91. The molecule has 2 aromatic rings. The van der Waals surface area contributed by atoms with Crippen molar-refractivity contribution in [3.63, 3.8) is 0 Å². The molecule has 1 aliphatic rings. The number of likely N-dealkylation sites (tertiary alicyclic amines) is 1. The molecule has 1 aromatic carbocycles. The molecule has 5 heteroatoms. The lowest BCUT2D eigenvalue weighted by molar-refractivity contribution is 0.171. The lowest BCUT2D eigenvalue weighted by atomic mass is 9.97. The summed E-state index contributed by atoms with van der Waals surface area (Å²) >= 11 is 0. The first-order valence-corrected chi connectivity index (χ1v) is 8.16. The maximum absolute atomic E-state index is 5.37. The van der Waals surface area contributed by atoms with Crippen molar-refractivity contribution in [3.8, 4) is 11.5 Å². The predicted molar refractivity (Wildman–Crippen MR) is 86.3 cm³/mol. The summed E-state index contributed by atoms with van der Waals surface area (Å²) in [5, 5.41) is 7.56. The fraction of sp³-hybridized carbons (Fsp3) is 0.529. The summed E-state index contributed by atoms with van der Waals surface area (Å²) in [5.74, 6) is 2.20. The molecule has 1 fully saturated rings. The average molecular weight is 300 g/mol. The molecule has 5 nitrogen and oxygen atoms in total. The SMILES string of the molecule is CCNCC1CCN(Cc2noc(-c3ccccc3)n2)CC1. The second kappa shape index (κ2) is 7.51. The number of piperidine rings is 1. The van der Waals surface area contributed by atoms with Crippen LogP contribution < -0.4 is 5.32 Å². The van der Waals surface area contributed by atoms with E-state index in [1.165, 1.54) is 12.8 Å². The first-order chi connectivity index (χ1) is 10.8. The summed E-state index contributed by atoms with van der Waals surface area (Å²) in [6.45, 7) is 7.38. The molecule has 1 saturated heterocycles. The van der Waals surface area contributed by atoms with Crippen LogP contribution in [0.2, 0.25) is 0 Å². The third-order valence-electron chi connectivity index (χ3n) is 4.24. The van der Waals surface area contributed by atoms with Gasteiger partial charge in [-0.1, -0.05) is 30.3 Å². The van der Waals surface area contributed by atoms with E-state index in [0.717, 1.165) is 50.0 Å². The summed E-state index contributed by atoms with van der Waals surface area (Å²) in [5.41, 5.74) is 0.977. The van der Waals surface area contributed by atoms with E-state index in [4.69, 9.17) is 4.52 Å². The number of nitrogens with one attached hydrogen (secondary N) is 1. The molecule has 1 aliphatic heterocycles. The van der Waals surface area contributed by atoms with Gasteiger partial charge in [-0.2, -0.15) is 4.98 Å². The van der Waals surface area contributed by atoms with Gasteiger partial charge in [0.15, 0.2) is 5.82 Å². The average Bonchev–Trinajstić information content (AvgIpc) is 3.04. The molecule has 0 saturated carbocycles. The van der Waals surface area contributed by atoms with E-state index < -0.39 is 0 Å². The van der Waals surface area contributed by atoms with Crippen molar-refractivity contribution >= 4 is 0 Å². The van der Waals surface area contributed by atoms with E-state index in [2.05, 4.69) is 27.3 Å². The molecule has 0 radical (unpaired) electrons. The van der Waals surface area contributed by atoms with Gasteiger partial charge in [0.25, 0.3) is 5.89 Å². The highest BCUT2D eigenvalue weighted by Crippen LogP contribution is 2.20. The lowest BCUT2D eigenvalue weighted by Crippen LogP contribution is -2.37. The van der Waals surface area contributed by atoms with Gasteiger partial charge in [-0.25, -0.2) is 0 Å². The van der Waals surface area contributed by atoms with Gasteiger partial charge >= 0.3 is 0 Å². The zero-order valence-electron chi connectivity index (χ0n) is 13.2. The molecule has 2 heterocycles. The van der Waals surface area contributed by atoms with Gasteiger partial charge in [0.2, 0.25) is 0 Å². The monoisotopic (exact) mass is 300 g/mol. The molecule has 0 atom stereocenters. The highest BCUT2D eigenvalue weighted by molar-refractivity contribution is 5.51. The molecular weight excluding hydrogens is 276 g/mol. The Morgan fingerprint density at radius 2 is 2.00 bits per heavy atom. The number of nitrogens with zero attached hydrogens (tertiary/aromatic N) is 3. The van der Waals surface area contributed by atoms with Crippen molar-refractivity contribution in [1.29, 1.82) is 0 Å². The number of aromatic nitrogens is 2. The molecule has 0 spiro atoms. The molecule has 0 bridgehead atoms. The maximum atomic E-state index is 5.37. The molecule has 0 amide bonds. The fourth-order valence-electron chi connectivity index (χ4n) is 2.91. The Morgan fingerprint density at radius 3 is 2.73 bits per heavy atom. The Kier molecular flexibility index (Phi) is 5.19. The van der Waals surface area contributed by atoms with Crippen LogP contribution in [0.5, 0.6) is 0 Å². The Balaban J connectivity index is 1.51. The van der Waals surface area contributed by atoms with E-state index in [0.29, 0.717) is 5.89 Å². The normalized spacial score (nSPS) is 17.0. The molecule has 1 N–H and O–H groups in total. The van der Waals surface area contributed by atoms with Gasteiger partial charge in [0.05, 0.1) is 6.54 Å². The van der Waals surface area contributed by atoms with Crippen LogP contribution in [0, 0.1) is 5.92 Å². The molecular formula is C17H24N4O. The van der Waals surface area contributed by atoms with Crippen molar-refractivity contribution in [3.05, 3.63) is 36.2 Å². The van der Waals surface area contributed by atoms with Crippen molar-refractivity contribution in [2.45, 2.75) is 26.3 Å². The lowest BCUT2D eigenvalue weighted by Gasteiger charge is -2.31. The highest BCUT2D eigenvalue weighted by atomic mass is 16.5. The standard InChI is InChI=1S/C17H24N4O/c1-2-18-12-14-8-10-21(11-9-14)13-16-19-17(22-20-16)15-6-4-3-5-7-15/h3-7,14,18H,2,8-13H2,1H3. The topological polar surface area (TPSA) is 54.2 Å². The molecule has 22 heavy (non-hydrogen) atoms. The second-order valence-electron chi connectivity index (χ2n) is 5.91. The van der Waals surface area contributed by atoms with Crippen molar-refractivity contribution in [1.82, 2.24) is 20.4 Å². The third-order valence-corrected chi connectivity index (χ3v) is 4.24. The summed E-state index contributed by atoms with van der Waals surface area (Å²) < 4.78 is 5.37. The van der Waals surface area contributed by atoms with Crippen LogP contribution in [0.25, 0.3) is 11.5 Å². The minimum absolute atomic E-state index is 0.609. The highest BCUT2D eigenvalue weighted by Gasteiger charge is 2.20. The minimum atomic E-state index is 0.609.